The average Bonchev–Trinajstić information content (AvgIpc) is 2.22. The van der Waals surface area contributed by atoms with E-state index in [2.05, 4.69) is 6.58 Å². The van der Waals surface area contributed by atoms with E-state index in [1.807, 2.05) is 0 Å². The first-order valence-electron chi connectivity index (χ1n) is 4.55. The highest BCUT2D eigenvalue weighted by atomic mass is 19.1. The third kappa shape index (κ3) is 2.76. The van der Waals surface area contributed by atoms with Crippen molar-refractivity contribution in [1.29, 1.82) is 0 Å². The fraction of sp³-hybridized carbons (Fsp3) is 0.273. The molecule has 1 aromatic rings. The maximum atomic E-state index is 13.3. The quantitative estimate of drug-likeness (QED) is 0.779. The molecule has 0 radical (unpaired) electrons. The van der Waals surface area contributed by atoms with E-state index in [4.69, 9.17) is 10.5 Å². The molecule has 0 saturated carbocycles. The molecule has 0 aliphatic rings. The van der Waals surface area contributed by atoms with Crippen LogP contribution in [0.1, 0.15) is 12.5 Å². The van der Waals surface area contributed by atoms with E-state index in [0.29, 0.717) is 5.56 Å². The molecule has 82 valence electrons. The zero-order valence-electron chi connectivity index (χ0n) is 8.47. The molecular weight excluding hydrogens is 200 g/mol. The second-order valence-electron chi connectivity index (χ2n) is 3.15. The van der Waals surface area contributed by atoms with Gasteiger partial charge >= 0.3 is 0 Å². The molecule has 1 aromatic carbocycles. The number of hydrogen-bond acceptors (Lipinski definition) is 2. The van der Waals surface area contributed by atoms with Gasteiger partial charge < -0.3 is 10.5 Å². The molecule has 0 aliphatic heterocycles. The van der Waals surface area contributed by atoms with E-state index in [1.54, 1.807) is 6.92 Å². The summed E-state index contributed by atoms with van der Waals surface area (Å²) in [5, 5.41) is 0. The van der Waals surface area contributed by atoms with Crippen LogP contribution in [-0.4, -0.2) is 6.10 Å². The van der Waals surface area contributed by atoms with Crippen LogP contribution in [-0.2, 0) is 6.54 Å². The van der Waals surface area contributed by atoms with Gasteiger partial charge in [-0.05, 0) is 24.6 Å². The highest BCUT2D eigenvalue weighted by Crippen LogP contribution is 2.24. The number of benzene rings is 1. The van der Waals surface area contributed by atoms with Gasteiger partial charge in [-0.15, -0.1) is 0 Å². The van der Waals surface area contributed by atoms with Crippen molar-refractivity contribution < 1.29 is 13.5 Å². The van der Waals surface area contributed by atoms with Crippen molar-refractivity contribution in [2.75, 3.05) is 0 Å². The molecule has 0 fully saturated rings. The van der Waals surface area contributed by atoms with Crippen LogP contribution in [0.25, 0.3) is 0 Å². The van der Waals surface area contributed by atoms with Crippen LogP contribution in [0.5, 0.6) is 5.75 Å². The first-order valence-corrected chi connectivity index (χ1v) is 4.55. The molecular formula is C11H13F2NO. The van der Waals surface area contributed by atoms with Gasteiger partial charge in [-0.25, -0.2) is 8.78 Å². The molecule has 0 bridgehead atoms. The lowest BCUT2D eigenvalue weighted by Crippen LogP contribution is -2.11. The molecule has 15 heavy (non-hydrogen) atoms. The highest BCUT2D eigenvalue weighted by Gasteiger charge is 2.13. The Kier molecular flexibility index (Phi) is 3.80. The minimum Gasteiger partial charge on any atom is -0.481 e. The van der Waals surface area contributed by atoms with Gasteiger partial charge in [0.25, 0.3) is 0 Å². The summed E-state index contributed by atoms with van der Waals surface area (Å²) < 4.78 is 31.7. The first kappa shape index (κ1) is 11.7. The Morgan fingerprint density at radius 3 is 2.40 bits per heavy atom. The van der Waals surface area contributed by atoms with E-state index in [1.165, 1.54) is 6.08 Å². The third-order valence-electron chi connectivity index (χ3n) is 1.93. The lowest BCUT2D eigenvalue weighted by atomic mass is 10.2. The Bertz CT molecular complexity index is 343. The second-order valence-corrected chi connectivity index (χ2v) is 3.15. The lowest BCUT2D eigenvalue weighted by molar-refractivity contribution is 0.243. The summed E-state index contributed by atoms with van der Waals surface area (Å²) in [7, 11) is 0. The van der Waals surface area contributed by atoms with Crippen molar-refractivity contribution in [1.82, 2.24) is 0 Å². The predicted octanol–water partition coefficient (Wildman–Crippen LogP) is 2.38. The van der Waals surface area contributed by atoms with E-state index >= 15 is 0 Å². The number of nitrogens with two attached hydrogens (primary N) is 1. The fourth-order valence-corrected chi connectivity index (χ4v) is 1.08. The Balaban J connectivity index is 3.02. The SMILES string of the molecule is C=CC(C)Oc1c(F)cc(CN)cc1F. The van der Waals surface area contributed by atoms with Crippen LogP contribution in [0.3, 0.4) is 0 Å². The average molecular weight is 213 g/mol. The molecule has 0 aromatic heterocycles. The van der Waals surface area contributed by atoms with Gasteiger partial charge in [0.1, 0.15) is 6.10 Å². The minimum atomic E-state index is -0.746. The van der Waals surface area contributed by atoms with Crippen molar-refractivity contribution in [3.8, 4) is 5.75 Å². The van der Waals surface area contributed by atoms with Crippen LogP contribution in [0.2, 0.25) is 0 Å². The molecule has 2 N–H and O–H groups in total. The summed E-state index contributed by atoms with van der Waals surface area (Å²) in [6, 6.07) is 2.32. The summed E-state index contributed by atoms with van der Waals surface area (Å²) in [6.45, 7) is 5.19. The van der Waals surface area contributed by atoms with Crippen LogP contribution < -0.4 is 10.5 Å². The van der Waals surface area contributed by atoms with Gasteiger partial charge in [-0.3, -0.25) is 0 Å². The van der Waals surface area contributed by atoms with Gasteiger partial charge in [0.05, 0.1) is 0 Å². The molecule has 1 atom stereocenters. The predicted molar refractivity (Wildman–Crippen MR) is 54.5 cm³/mol. The Morgan fingerprint density at radius 1 is 1.47 bits per heavy atom. The topological polar surface area (TPSA) is 35.2 Å². The van der Waals surface area contributed by atoms with Crippen LogP contribution in [0.4, 0.5) is 8.78 Å². The molecule has 1 rings (SSSR count). The van der Waals surface area contributed by atoms with Crippen LogP contribution >= 0.6 is 0 Å². The van der Waals surface area contributed by atoms with Crippen molar-refractivity contribution in [2.24, 2.45) is 5.73 Å². The summed E-state index contributed by atoms with van der Waals surface area (Å²) in [6.07, 6.45) is 1.01. The number of ether oxygens (including phenoxy) is 1. The largest absolute Gasteiger partial charge is 0.481 e. The molecule has 2 nitrogen and oxygen atoms in total. The molecule has 0 amide bonds. The maximum Gasteiger partial charge on any atom is 0.191 e. The summed E-state index contributed by atoms with van der Waals surface area (Å²) in [5.74, 6) is -1.88. The Labute approximate surface area is 87.4 Å². The standard InChI is InChI=1S/C11H13F2NO/c1-3-7(2)15-11-9(12)4-8(6-14)5-10(11)13/h3-5,7H,1,6,14H2,2H3. The summed E-state index contributed by atoms with van der Waals surface area (Å²) in [5.41, 5.74) is 5.67. The molecule has 0 spiro atoms. The van der Waals surface area contributed by atoms with Crippen LogP contribution in [0.15, 0.2) is 24.8 Å². The molecule has 4 heteroatoms. The summed E-state index contributed by atoms with van der Waals surface area (Å²) >= 11 is 0. The zero-order chi connectivity index (χ0) is 11.4. The Hall–Kier alpha value is -1.42. The van der Waals surface area contributed by atoms with E-state index in [0.717, 1.165) is 12.1 Å². The van der Waals surface area contributed by atoms with Gasteiger partial charge in [0.2, 0.25) is 0 Å². The van der Waals surface area contributed by atoms with Crippen molar-refractivity contribution in [3.63, 3.8) is 0 Å². The van der Waals surface area contributed by atoms with Crippen molar-refractivity contribution >= 4 is 0 Å². The van der Waals surface area contributed by atoms with E-state index in [9.17, 15) is 8.78 Å². The van der Waals surface area contributed by atoms with Crippen molar-refractivity contribution in [2.45, 2.75) is 19.6 Å². The second kappa shape index (κ2) is 4.89. The molecule has 1 unspecified atom stereocenters. The van der Waals surface area contributed by atoms with Gasteiger partial charge in [-0.2, -0.15) is 0 Å². The van der Waals surface area contributed by atoms with Gasteiger partial charge in [0.15, 0.2) is 17.4 Å². The van der Waals surface area contributed by atoms with Gasteiger partial charge in [-0.1, -0.05) is 12.7 Å². The number of hydrogen-bond donors (Lipinski definition) is 1. The monoisotopic (exact) mass is 213 g/mol. The first-order chi connectivity index (χ1) is 7.08. The molecule has 0 aliphatic carbocycles. The van der Waals surface area contributed by atoms with Crippen LogP contribution in [0, 0.1) is 11.6 Å². The van der Waals surface area contributed by atoms with Crippen molar-refractivity contribution in [3.05, 3.63) is 42.0 Å². The van der Waals surface area contributed by atoms with E-state index in [-0.39, 0.29) is 12.3 Å². The van der Waals surface area contributed by atoms with Gasteiger partial charge in [0, 0.05) is 6.54 Å². The summed E-state index contributed by atoms with van der Waals surface area (Å²) in [4.78, 5) is 0. The highest BCUT2D eigenvalue weighted by molar-refractivity contribution is 5.31. The lowest BCUT2D eigenvalue weighted by Gasteiger charge is -2.12. The fourth-order valence-electron chi connectivity index (χ4n) is 1.08. The number of halogens is 2. The molecule has 0 heterocycles. The number of rotatable bonds is 4. The smallest absolute Gasteiger partial charge is 0.191 e. The molecule has 0 saturated heterocycles. The Morgan fingerprint density at radius 2 is 2.00 bits per heavy atom. The van der Waals surface area contributed by atoms with E-state index < -0.39 is 17.7 Å². The maximum absolute atomic E-state index is 13.3. The third-order valence-corrected chi connectivity index (χ3v) is 1.93. The minimum absolute atomic E-state index is 0.0884. The normalized spacial score (nSPS) is 12.3. The zero-order valence-corrected chi connectivity index (χ0v) is 8.47.